The molecule has 0 radical (unpaired) electrons. The highest BCUT2D eigenvalue weighted by Gasteiger charge is 2.04. The largest absolute Gasteiger partial charge is 0.618 e. The van der Waals surface area contributed by atoms with Crippen molar-refractivity contribution >= 4 is 35.1 Å². The average Bonchev–Trinajstić information content (AvgIpc) is 2.42. The van der Waals surface area contributed by atoms with E-state index < -0.39 is 0 Å². The smallest absolute Gasteiger partial charge is 0.251 e. The van der Waals surface area contributed by atoms with Crippen LogP contribution >= 0.6 is 35.1 Å². The first-order valence-electron chi connectivity index (χ1n) is 5.95. The zero-order chi connectivity index (χ0) is 13.5. The average molecular weight is 312 g/mol. The molecule has 5 heteroatoms. The van der Waals surface area contributed by atoms with Gasteiger partial charge in [0.05, 0.1) is 5.02 Å². The van der Waals surface area contributed by atoms with Gasteiger partial charge in [-0.15, -0.1) is 11.8 Å². The van der Waals surface area contributed by atoms with Gasteiger partial charge in [0.25, 0.3) is 5.03 Å². The van der Waals surface area contributed by atoms with Crippen molar-refractivity contribution in [3.05, 3.63) is 58.9 Å². The first-order chi connectivity index (χ1) is 9.27. The fourth-order valence-corrected chi connectivity index (χ4v) is 3.74. The summed E-state index contributed by atoms with van der Waals surface area (Å²) in [5, 5.41) is 13.0. The second-order valence-corrected chi connectivity index (χ2v) is 6.50. The van der Waals surface area contributed by atoms with Crippen LogP contribution < -0.4 is 4.73 Å². The summed E-state index contributed by atoms with van der Waals surface area (Å²) in [6, 6.07) is 13.3. The predicted molar refractivity (Wildman–Crippen MR) is 82.9 cm³/mol. The molecule has 1 aromatic heterocycles. The summed E-state index contributed by atoms with van der Waals surface area (Å²) in [6.07, 6.45) is 2.57. The number of benzene rings is 1. The molecular formula is C14H14ClNOS2. The fourth-order valence-electron chi connectivity index (χ4n) is 1.50. The van der Waals surface area contributed by atoms with E-state index in [1.807, 2.05) is 36.4 Å². The molecule has 2 aromatic rings. The molecule has 0 unspecified atom stereocenters. The lowest BCUT2D eigenvalue weighted by molar-refractivity contribution is -0.645. The summed E-state index contributed by atoms with van der Waals surface area (Å²) >= 11 is 9.43. The fraction of sp³-hybridized carbons (Fsp3) is 0.214. The van der Waals surface area contributed by atoms with Crippen LogP contribution in [0.5, 0.6) is 0 Å². The van der Waals surface area contributed by atoms with Gasteiger partial charge in [0.2, 0.25) is 0 Å². The number of rotatable bonds is 6. The van der Waals surface area contributed by atoms with Crippen molar-refractivity contribution in [3.8, 4) is 0 Å². The number of nitrogens with zero attached hydrogens (tertiary/aromatic N) is 1. The van der Waals surface area contributed by atoms with Gasteiger partial charge in [-0.3, -0.25) is 0 Å². The second-order valence-electron chi connectivity index (χ2n) is 3.85. The Bertz CT molecular complexity index is 489. The van der Waals surface area contributed by atoms with E-state index in [2.05, 4.69) is 0 Å². The molecule has 19 heavy (non-hydrogen) atoms. The van der Waals surface area contributed by atoms with Crippen LogP contribution in [-0.2, 0) is 0 Å². The van der Waals surface area contributed by atoms with Crippen molar-refractivity contribution in [1.82, 2.24) is 0 Å². The minimum atomic E-state index is 0.755. The zero-order valence-corrected chi connectivity index (χ0v) is 12.7. The number of hydrogen-bond donors (Lipinski definition) is 0. The van der Waals surface area contributed by atoms with Crippen LogP contribution in [0.4, 0.5) is 0 Å². The summed E-state index contributed by atoms with van der Waals surface area (Å²) in [5.41, 5.74) is 0. The molecule has 0 aliphatic rings. The highest BCUT2D eigenvalue weighted by Crippen LogP contribution is 2.27. The summed E-state index contributed by atoms with van der Waals surface area (Å²) in [7, 11) is 0. The van der Waals surface area contributed by atoms with Crippen molar-refractivity contribution in [3.63, 3.8) is 0 Å². The van der Waals surface area contributed by atoms with E-state index in [0.29, 0.717) is 0 Å². The van der Waals surface area contributed by atoms with Gasteiger partial charge in [-0.1, -0.05) is 35.5 Å². The van der Waals surface area contributed by atoms with Gasteiger partial charge in [-0.25, -0.2) is 0 Å². The topological polar surface area (TPSA) is 26.9 Å². The molecule has 2 nitrogen and oxygen atoms in total. The van der Waals surface area contributed by atoms with E-state index >= 15 is 0 Å². The lowest BCUT2D eigenvalue weighted by atomic mass is 10.4. The SMILES string of the molecule is [O-][n+]1ccccc1SCCCSc1ccccc1Cl. The Morgan fingerprint density at radius 3 is 2.53 bits per heavy atom. The summed E-state index contributed by atoms with van der Waals surface area (Å²) < 4.78 is 0.909. The molecule has 0 atom stereocenters. The molecule has 0 N–H and O–H groups in total. The van der Waals surface area contributed by atoms with Gasteiger partial charge in [0, 0.05) is 22.8 Å². The molecule has 2 rings (SSSR count). The normalized spacial score (nSPS) is 10.6. The highest BCUT2D eigenvalue weighted by molar-refractivity contribution is 8.00. The minimum absolute atomic E-state index is 0.755. The van der Waals surface area contributed by atoms with Crippen LogP contribution in [0.3, 0.4) is 0 Å². The third kappa shape index (κ3) is 4.64. The standard InChI is InChI=1S/C14H14ClNOS2/c15-12-6-1-2-7-13(12)18-10-5-11-19-14-8-3-4-9-16(14)17/h1-4,6-9H,5,10-11H2. The predicted octanol–water partition coefficient (Wildman–Crippen LogP) is 4.25. The summed E-state index contributed by atoms with van der Waals surface area (Å²) in [5.74, 6) is 1.94. The Morgan fingerprint density at radius 2 is 1.74 bits per heavy atom. The number of hydrogen-bond acceptors (Lipinski definition) is 3. The van der Waals surface area contributed by atoms with Crippen molar-refractivity contribution in [2.24, 2.45) is 0 Å². The molecule has 1 aromatic carbocycles. The van der Waals surface area contributed by atoms with E-state index in [1.165, 1.54) is 6.20 Å². The van der Waals surface area contributed by atoms with E-state index in [0.717, 1.165) is 37.6 Å². The van der Waals surface area contributed by atoms with Gasteiger partial charge in [-0.05, 0) is 30.4 Å². The van der Waals surface area contributed by atoms with Gasteiger partial charge < -0.3 is 5.21 Å². The van der Waals surface area contributed by atoms with Crippen molar-refractivity contribution < 1.29 is 4.73 Å². The molecule has 0 aliphatic heterocycles. The number of halogens is 1. The molecule has 0 saturated heterocycles. The Morgan fingerprint density at radius 1 is 1.00 bits per heavy atom. The van der Waals surface area contributed by atoms with Crippen molar-refractivity contribution in [1.29, 1.82) is 0 Å². The number of aromatic nitrogens is 1. The molecule has 0 saturated carbocycles. The molecule has 1 heterocycles. The van der Waals surface area contributed by atoms with Gasteiger partial charge >= 0.3 is 0 Å². The molecule has 0 amide bonds. The third-order valence-electron chi connectivity index (χ3n) is 2.42. The molecule has 0 spiro atoms. The Balaban J connectivity index is 1.71. The third-order valence-corrected chi connectivity index (χ3v) is 5.13. The molecule has 100 valence electrons. The van der Waals surface area contributed by atoms with Crippen LogP contribution in [0.25, 0.3) is 0 Å². The first kappa shape index (κ1) is 14.6. The first-order valence-corrected chi connectivity index (χ1v) is 8.30. The Hall–Kier alpha value is -0.840. The Labute approximate surface area is 126 Å². The quantitative estimate of drug-likeness (QED) is 0.345. The lowest BCUT2D eigenvalue weighted by Gasteiger charge is -2.04. The van der Waals surface area contributed by atoms with E-state index in [-0.39, 0.29) is 0 Å². The summed E-state index contributed by atoms with van der Waals surface area (Å²) in [4.78, 5) is 1.12. The molecule has 0 bridgehead atoms. The van der Waals surface area contributed by atoms with Crippen molar-refractivity contribution in [2.45, 2.75) is 16.3 Å². The van der Waals surface area contributed by atoms with E-state index in [4.69, 9.17) is 11.6 Å². The maximum atomic E-state index is 11.4. The zero-order valence-electron chi connectivity index (χ0n) is 10.3. The Kier molecular flexibility index (Phi) is 5.89. The van der Waals surface area contributed by atoms with Crippen LogP contribution in [0.15, 0.2) is 58.6 Å². The van der Waals surface area contributed by atoms with Crippen LogP contribution in [0.2, 0.25) is 5.02 Å². The van der Waals surface area contributed by atoms with E-state index in [1.54, 1.807) is 29.6 Å². The molecular weight excluding hydrogens is 298 g/mol. The van der Waals surface area contributed by atoms with E-state index in [9.17, 15) is 5.21 Å². The number of thioether (sulfide) groups is 2. The second kappa shape index (κ2) is 7.68. The minimum Gasteiger partial charge on any atom is -0.618 e. The maximum Gasteiger partial charge on any atom is 0.251 e. The van der Waals surface area contributed by atoms with Gasteiger partial charge in [0.15, 0.2) is 6.20 Å². The maximum absolute atomic E-state index is 11.4. The van der Waals surface area contributed by atoms with Crippen LogP contribution in [0.1, 0.15) is 6.42 Å². The monoisotopic (exact) mass is 311 g/mol. The summed E-state index contributed by atoms with van der Waals surface area (Å²) in [6.45, 7) is 0. The highest BCUT2D eigenvalue weighted by atomic mass is 35.5. The molecule has 0 aliphatic carbocycles. The molecule has 0 fully saturated rings. The van der Waals surface area contributed by atoms with Crippen molar-refractivity contribution in [2.75, 3.05) is 11.5 Å². The van der Waals surface area contributed by atoms with Gasteiger partial charge in [-0.2, -0.15) is 4.73 Å². The lowest BCUT2D eigenvalue weighted by Crippen LogP contribution is -2.27. The van der Waals surface area contributed by atoms with Gasteiger partial charge in [0.1, 0.15) is 0 Å². The van der Waals surface area contributed by atoms with Crippen LogP contribution in [-0.4, -0.2) is 11.5 Å². The number of pyridine rings is 1. The van der Waals surface area contributed by atoms with Crippen LogP contribution in [0, 0.1) is 5.21 Å².